The van der Waals surface area contributed by atoms with Crippen molar-refractivity contribution in [1.82, 2.24) is 9.88 Å². The second-order valence-electron chi connectivity index (χ2n) is 5.78. The van der Waals surface area contributed by atoms with Crippen LogP contribution in [0.15, 0.2) is 42.6 Å². The van der Waals surface area contributed by atoms with E-state index < -0.39 is 0 Å². The number of hydrogen-bond acceptors (Lipinski definition) is 4. The smallest absolute Gasteiger partial charge is 0.260 e. The van der Waals surface area contributed by atoms with Gasteiger partial charge in [-0.25, -0.2) is 4.98 Å². The van der Waals surface area contributed by atoms with Gasteiger partial charge in [-0.1, -0.05) is 17.7 Å². The summed E-state index contributed by atoms with van der Waals surface area (Å²) in [7, 11) is 0. The molecule has 1 aromatic carbocycles. The van der Waals surface area contributed by atoms with Crippen molar-refractivity contribution >= 4 is 17.5 Å². The second kappa shape index (κ2) is 7.53. The molecule has 1 fully saturated rings. The Kier molecular flexibility index (Phi) is 5.20. The summed E-state index contributed by atoms with van der Waals surface area (Å²) in [5.74, 6) is 1.17. The average Bonchev–Trinajstić information content (AvgIpc) is 3.05. The fourth-order valence-corrected chi connectivity index (χ4v) is 2.64. The quantitative estimate of drug-likeness (QED) is 0.834. The molecule has 0 spiro atoms. The first-order chi connectivity index (χ1) is 11.6. The number of carbonyl (C=O) groups excluding carboxylic acids is 1. The van der Waals surface area contributed by atoms with Crippen molar-refractivity contribution in [3.05, 3.63) is 53.2 Å². The Bertz CT molecular complexity index is 688. The largest absolute Gasteiger partial charge is 0.484 e. The van der Waals surface area contributed by atoms with Crippen LogP contribution in [0.25, 0.3) is 0 Å². The molecular formula is C18H19ClN2O3. The van der Waals surface area contributed by atoms with Crippen molar-refractivity contribution in [3.63, 3.8) is 0 Å². The molecule has 0 saturated carbocycles. The third-order valence-electron chi connectivity index (χ3n) is 3.85. The number of aromatic nitrogens is 1. The molecule has 2 aromatic rings. The Morgan fingerprint density at radius 2 is 2.08 bits per heavy atom. The summed E-state index contributed by atoms with van der Waals surface area (Å²) in [5, 5.41) is 0.637. The number of rotatable bonds is 5. The first-order valence-corrected chi connectivity index (χ1v) is 8.23. The minimum Gasteiger partial charge on any atom is -0.484 e. The van der Waals surface area contributed by atoms with E-state index in [0.717, 1.165) is 12.0 Å². The lowest BCUT2D eigenvalue weighted by Crippen LogP contribution is -2.34. The number of ether oxygens (including phenoxy) is 2. The van der Waals surface area contributed by atoms with Crippen LogP contribution in [0.4, 0.5) is 0 Å². The summed E-state index contributed by atoms with van der Waals surface area (Å²) in [5.41, 5.74) is 1.09. The van der Waals surface area contributed by atoms with Gasteiger partial charge in [0, 0.05) is 30.3 Å². The summed E-state index contributed by atoms with van der Waals surface area (Å²) in [6, 6.07) is 10.8. The van der Waals surface area contributed by atoms with Crippen molar-refractivity contribution in [2.45, 2.75) is 19.4 Å². The molecule has 0 N–H and O–H groups in total. The average molecular weight is 347 g/mol. The van der Waals surface area contributed by atoms with E-state index >= 15 is 0 Å². The lowest BCUT2D eigenvalue weighted by atomic mass is 10.3. The zero-order valence-electron chi connectivity index (χ0n) is 13.4. The van der Waals surface area contributed by atoms with Gasteiger partial charge in [-0.3, -0.25) is 4.79 Å². The number of nitrogens with zero attached hydrogens (tertiary/aromatic N) is 2. The SMILES string of the molecule is Cc1ccc(OC2CCN(C(=O)COc3ccc(Cl)cc3)C2)nc1. The van der Waals surface area contributed by atoms with Gasteiger partial charge in [-0.15, -0.1) is 0 Å². The zero-order chi connectivity index (χ0) is 16.9. The van der Waals surface area contributed by atoms with E-state index in [0.29, 0.717) is 29.7 Å². The fraction of sp³-hybridized carbons (Fsp3) is 0.333. The van der Waals surface area contributed by atoms with Crippen LogP contribution in [0, 0.1) is 6.92 Å². The second-order valence-corrected chi connectivity index (χ2v) is 6.22. The van der Waals surface area contributed by atoms with Crippen molar-refractivity contribution in [2.75, 3.05) is 19.7 Å². The molecule has 0 radical (unpaired) electrons. The Morgan fingerprint density at radius 1 is 1.29 bits per heavy atom. The van der Waals surface area contributed by atoms with Crippen molar-refractivity contribution in [3.8, 4) is 11.6 Å². The first-order valence-electron chi connectivity index (χ1n) is 7.85. The predicted molar refractivity (Wildman–Crippen MR) is 91.5 cm³/mol. The fourth-order valence-electron chi connectivity index (χ4n) is 2.51. The number of carbonyl (C=O) groups is 1. The Morgan fingerprint density at radius 3 is 2.79 bits per heavy atom. The minimum atomic E-state index is -0.0482. The van der Waals surface area contributed by atoms with Gasteiger partial charge in [-0.05, 0) is 36.8 Å². The maximum Gasteiger partial charge on any atom is 0.260 e. The number of hydrogen-bond donors (Lipinski definition) is 0. The van der Waals surface area contributed by atoms with Crippen LogP contribution in [0.2, 0.25) is 5.02 Å². The molecule has 3 rings (SSSR count). The summed E-state index contributed by atoms with van der Waals surface area (Å²) in [4.78, 5) is 18.2. The predicted octanol–water partition coefficient (Wildman–Crippen LogP) is 3.10. The highest BCUT2D eigenvalue weighted by Gasteiger charge is 2.28. The van der Waals surface area contributed by atoms with Gasteiger partial charge in [0.25, 0.3) is 5.91 Å². The van der Waals surface area contributed by atoms with Crippen molar-refractivity contribution < 1.29 is 14.3 Å². The van der Waals surface area contributed by atoms with E-state index in [4.69, 9.17) is 21.1 Å². The van der Waals surface area contributed by atoms with Crippen molar-refractivity contribution in [2.24, 2.45) is 0 Å². The molecular weight excluding hydrogens is 328 g/mol. The molecule has 2 heterocycles. The van der Waals surface area contributed by atoms with Gasteiger partial charge in [0.2, 0.25) is 5.88 Å². The number of pyridine rings is 1. The van der Waals surface area contributed by atoms with Gasteiger partial charge in [0.1, 0.15) is 11.9 Å². The number of halogens is 1. The Hall–Kier alpha value is -2.27. The molecule has 126 valence electrons. The van der Waals surface area contributed by atoms with Crippen LogP contribution in [0.5, 0.6) is 11.6 Å². The zero-order valence-corrected chi connectivity index (χ0v) is 14.2. The monoisotopic (exact) mass is 346 g/mol. The van der Waals surface area contributed by atoms with Gasteiger partial charge in [-0.2, -0.15) is 0 Å². The lowest BCUT2D eigenvalue weighted by molar-refractivity contribution is -0.132. The van der Waals surface area contributed by atoms with Crippen LogP contribution >= 0.6 is 11.6 Å². The maximum absolute atomic E-state index is 12.2. The molecule has 0 aliphatic carbocycles. The molecule has 1 unspecified atom stereocenters. The van der Waals surface area contributed by atoms with E-state index in [1.54, 1.807) is 35.4 Å². The molecule has 6 heteroatoms. The number of benzene rings is 1. The minimum absolute atomic E-state index is 0.0110. The number of aryl methyl sites for hydroxylation is 1. The van der Waals surface area contributed by atoms with E-state index in [1.807, 2.05) is 19.1 Å². The molecule has 0 bridgehead atoms. The summed E-state index contributed by atoms with van der Waals surface area (Å²) in [6.07, 6.45) is 2.54. The standard InChI is InChI=1S/C18H19ClN2O3/c1-13-2-7-17(20-10-13)24-16-8-9-21(11-16)18(22)12-23-15-5-3-14(19)4-6-15/h2-7,10,16H,8-9,11-12H2,1H3. The highest BCUT2D eigenvalue weighted by atomic mass is 35.5. The first kappa shape index (κ1) is 16.6. The van der Waals surface area contributed by atoms with E-state index in [2.05, 4.69) is 4.98 Å². The molecule has 1 aromatic heterocycles. The molecule has 24 heavy (non-hydrogen) atoms. The molecule has 1 aliphatic rings. The summed E-state index contributed by atoms with van der Waals surface area (Å²) < 4.78 is 11.3. The topological polar surface area (TPSA) is 51.7 Å². The Balaban J connectivity index is 1.46. The van der Waals surface area contributed by atoms with Crippen LogP contribution in [0.3, 0.4) is 0 Å². The van der Waals surface area contributed by atoms with Crippen molar-refractivity contribution in [1.29, 1.82) is 0 Å². The van der Waals surface area contributed by atoms with Gasteiger partial charge < -0.3 is 14.4 Å². The highest BCUT2D eigenvalue weighted by Crippen LogP contribution is 2.18. The number of amides is 1. The normalized spacial score (nSPS) is 16.9. The molecule has 1 amide bonds. The van der Waals surface area contributed by atoms with Crippen LogP contribution in [0.1, 0.15) is 12.0 Å². The van der Waals surface area contributed by atoms with Gasteiger partial charge in [0.15, 0.2) is 6.61 Å². The molecule has 1 atom stereocenters. The van der Waals surface area contributed by atoms with Crippen LogP contribution in [-0.2, 0) is 4.79 Å². The van der Waals surface area contributed by atoms with Crippen LogP contribution in [-0.4, -0.2) is 41.6 Å². The van der Waals surface area contributed by atoms with E-state index in [9.17, 15) is 4.79 Å². The maximum atomic E-state index is 12.2. The van der Waals surface area contributed by atoms with E-state index in [-0.39, 0.29) is 18.6 Å². The summed E-state index contributed by atoms with van der Waals surface area (Å²) >= 11 is 5.82. The lowest BCUT2D eigenvalue weighted by Gasteiger charge is -2.17. The van der Waals surface area contributed by atoms with Crippen LogP contribution < -0.4 is 9.47 Å². The van der Waals surface area contributed by atoms with E-state index in [1.165, 1.54) is 0 Å². The van der Waals surface area contributed by atoms with Gasteiger partial charge >= 0.3 is 0 Å². The molecule has 1 saturated heterocycles. The molecule has 1 aliphatic heterocycles. The summed E-state index contributed by atoms with van der Waals surface area (Å²) in [6.45, 7) is 3.21. The number of likely N-dealkylation sites (tertiary alicyclic amines) is 1. The van der Waals surface area contributed by atoms with Gasteiger partial charge in [0.05, 0.1) is 6.54 Å². The molecule has 5 nitrogen and oxygen atoms in total. The third kappa shape index (κ3) is 4.38. The highest BCUT2D eigenvalue weighted by molar-refractivity contribution is 6.30. The Labute approximate surface area is 146 Å². The third-order valence-corrected chi connectivity index (χ3v) is 4.10.